The van der Waals surface area contributed by atoms with Gasteiger partial charge in [0.2, 0.25) is 5.56 Å². The van der Waals surface area contributed by atoms with E-state index in [4.69, 9.17) is 19.6 Å². The minimum atomic E-state index is -2.12. The van der Waals surface area contributed by atoms with Gasteiger partial charge in [-0.05, 0) is 70.6 Å². The maximum Gasteiger partial charge on any atom is 0.248 e. The predicted molar refractivity (Wildman–Crippen MR) is 145 cm³/mol. The number of rotatable bonds is 8. The number of pyridine rings is 1. The molecule has 3 aromatic rings. The van der Waals surface area contributed by atoms with E-state index in [0.29, 0.717) is 24.4 Å². The molecule has 33 heavy (non-hydrogen) atoms. The Kier molecular flexibility index (Phi) is 7.62. The van der Waals surface area contributed by atoms with Gasteiger partial charge in [0.05, 0.1) is 12.6 Å². The lowest BCUT2D eigenvalue weighted by atomic mass is 10.0. The largest absolute Gasteiger partial charge is 0.497 e. The second kappa shape index (κ2) is 9.77. The average molecular weight is 581 g/mol. The van der Waals surface area contributed by atoms with Crippen molar-refractivity contribution in [2.75, 3.05) is 13.7 Å². The first-order chi connectivity index (χ1) is 15.4. The van der Waals surface area contributed by atoms with E-state index >= 15 is 0 Å². The molecule has 3 N–H and O–H groups in total. The quantitative estimate of drug-likeness (QED) is 0.203. The fourth-order valence-electron chi connectivity index (χ4n) is 3.32. The number of H-pyrrole nitrogens is 1. The van der Waals surface area contributed by atoms with Gasteiger partial charge in [0.15, 0.2) is 8.32 Å². The average Bonchev–Trinajstić information content (AvgIpc) is 2.76. The van der Waals surface area contributed by atoms with E-state index in [1.807, 2.05) is 42.5 Å². The summed E-state index contributed by atoms with van der Waals surface area (Å²) in [5, 5.41) is 0.893. The van der Waals surface area contributed by atoms with Gasteiger partial charge in [0.1, 0.15) is 21.7 Å². The molecule has 1 heterocycles. The van der Waals surface area contributed by atoms with Crippen molar-refractivity contribution >= 4 is 41.8 Å². The van der Waals surface area contributed by atoms with Gasteiger partial charge in [-0.3, -0.25) is 4.79 Å². The van der Waals surface area contributed by atoms with Gasteiger partial charge in [0, 0.05) is 23.6 Å². The summed E-state index contributed by atoms with van der Waals surface area (Å²) in [6, 6.07) is 14.9. The standard InChI is InChI=1S/C25H33IN2O4Si/c1-24(2,3)33(5,6)32-25(26,16-27)20-12-13-21(23-19(20)11-14-22(29)28-23)31-15-17-7-9-18(30-4)10-8-17/h7-14H,15-16,27H2,1-6H3,(H,28,29)/t25-/m1/s1. The molecule has 3 rings (SSSR count). The normalized spacial score (nSPS) is 14.2. The van der Waals surface area contributed by atoms with Crippen LogP contribution in [0.1, 0.15) is 31.9 Å². The van der Waals surface area contributed by atoms with Gasteiger partial charge in [-0.1, -0.05) is 39.0 Å². The fraction of sp³-hybridized carbons (Fsp3) is 0.400. The zero-order chi connectivity index (χ0) is 24.4. The van der Waals surface area contributed by atoms with Gasteiger partial charge in [0.25, 0.3) is 0 Å². The number of fused-ring (bicyclic) bond motifs is 1. The lowest BCUT2D eigenvalue weighted by Crippen LogP contribution is -2.48. The Morgan fingerprint density at radius 1 is 1.03 bits per heavy atom. The van der Waals surface area contributed by atoms with Gasteiger partial charge in [-0.2, -0.15) is 0 Å². The van der Waals surface area contributed by atoms with E-state index in [9.17, 15) is 4.79 Å². The molecule has 0 fully saturated rings. The zero-order valence-electron chi connectivity index (χ0n) is 20.1. The van der Waals surface area contributed by atoms with Crippen LogP contribution in [-0.4, -0.2) is 27.0 Å². The van der Waals surface area contributed by atoms with Crippen molar-refractivity contribution in [3.63, 3.8) is 0 Å². The zero-order valence-corrected chi connectivity index (χ0v) is 23.3. The van der Waals surface area contributed by atoms with Gasteiger partial charge >= 0.3 is 0 Å². The molecule has 178 valence electrons. The molecule has 0 aliphatic carbocycles. The third-order valence-electron chi connectivity index (χ3n) is 6.30. The lowest BCUT2D eigenvalue weighted by molar-refractivity contribution is 0.174. The Balaban J connectivity index is 2.01. The molecule has 0 spiro atoms. The maximum atomic E-state index is 12.2. The molecule has 0 amide bonds. The highest BCUT2D eigenvalue weighted by Gasteiger charge is 2.44. The number of aromatic nitrogens is 1. The van der Waals surface area contributed by atoms with Crippen molar-refractivity contribution in [3.8, 4) is 11.5 Å². The summed E-state index contributed by atoms with van der Waals surface area (Å²) in [5.74, 6) is 1.39. The first-order valence-corrected chi connectivity index (χ1v) is 14.9. The van der Waals surface area contributed by atoms with Gasteiger partial charge in [-0.15, -0.1) is 0 Å². The Morgan fingerprint density at radius 3 is 2.27 bits per heavy atom. The smallest absolute Gasteiger partial charge is 0.248 e. The predicted octanol–water partition coefficient (Wildman–Crippen LogP) is 5.68. The third kappa shape index (κ3) is 5.62. The Bertz CT molecular complexity index is 1170. The van der Waals surface area contributed by atoms with Crippen molar-refractivity contribution in [2.24, 2.45) is 5.73 Å². The number of aromatic amines is 1. The van der Waals surface area contributed by atoms with Crippen LogP contribution in [0.25, 0.3) is 10.9 Å². The van der Waals surface area contributed by atoms with E-state index < -0.39 is 11.9 Å². The van der Waals surface area contributed by atoms with Gasteiger partial charge in [-0.25, -0.2) is 0 Å². The fourth-order valence-corrected chi connectivity index (χ4v) is 6.75. The third-order valence-corrected chi connectivity index (χ3v) is 12.4. The number of hydrogen-bond acceptors (Lipinski definition) is 5. The summed E-state index contributed by atoms with van der Waals surface area (Å²) in [6.07, 6.45) is 0. The van der Waals surface area contributed by atoms with Crippen molar-refractivity contribution in [2.45, 2.75) is 49.1 Å². The number of nitrogens with one attached hydrogen (secondary N) is 1. The summed E-state index contributed by atoms with van der Waals surface area (Å²) < 4.78 is 17.4. The molecule has 1 aromatic heterocycles. The summed E-state index contributed by atoms with van der Waals surface area (Å²) in [7, 11) is -0.486. The molecular formula is C25H33IN2O4Si. The van der Waals surface area contributed by atoms with Crippen LogP contribution in [-0.2, 0) is 14.6 Å². The van der Waals surface area contributed by atoms with Crippen LogP contribution in [0.4, 0.5) is 0 Å². The molecule has 6 nitrogen and oxygen atoms in total. The summed E-state index contributed by atoms with van der Waals surface area (Å²) >= 11 is 2.32. The number of halogens is 1. The van der Waals surface area contributed by atoms with Gasteiger partial charge < -0.3 is 24.6 Å². The monoisotopic (exact) mass is 580 g/mol. The molecule has 0 saturated heterocycles. The van der Waals surface area contributed by atoms with E-state index in [1.165, 1.54) is 6.07 Å². The first-order valence-electron chi connectivity index (χ1n) is 10.9. The molecular weight excluding hydrogens is 547 g/mol. The topological polar surface area (TPSA) is 86.6 Å². The molecule has 0 radical (unpaired) electrons. The molecule has 0 unspecified atom stereocenters. The van der Waals surface area contributed by atoms with Crippen LogP contribution in [0.3, 0.4) is 0 Å². The van der Waals surface area contributed by atoms with Crippen molar-refractivity contribution in [1.29, 1.82) is 0 Å². The highest BCUT2D eigenvalue weighted by atomic mass is 127. The number of nitrogens with two attached hydrogens (primary N) is 1. The highest BCUT2D eigenvalue weighted by Crippen LogP contribution is 2.46. The molecule has 2 aromatic carbocycles. The van der Waals surface area contributed by atoms with Crippen LogP contribution in [0.2, 0.25) is 18.1 Å². The molecule has 0 aliphatic heterocycles. The minimum absolute atomic E-state index is 0.0319. The summed E-state index contributed by atoms with van der Waals surface area (Å²) in [5.41, 5.74) is 8.66. The Morgan fingerprint density at radius 2 is 1.70 bits per heavy atom. The second-order valence-electron chi connectivity index (χ2n) is 9.65. The highest BCUT2D eigenvalue weighted by molar-refractivity contribution is 14.1. The van der Waals surface area contributed by atoms with Crippen LogP contribution < -0.4 is 20.8 Å². The number of alkyl halides is 1. The number of methoxy groups -OCH3 is 1. The summed E-state index contributed by atoms with van der Waals surface area (Å²) in [4.78, 5) is 15.1. The van der Waals surface area contributed by atoms with Crippen LogP contribution >= 0.6 is 22.6 Å². The summed E-state index contributed by atoms with van der Waals surface area (Å²) in [6.45, 7) is 11.7. The molecule has 0 bridgehead atoms. The van der Waals surface area contributed by atoms with Crippen LogP contribution in [0, 0.1) is 0 Å². The van der Waals surface area contributed by atoms with Crippen molar-refractivity contribution in [1.82, 2.24) is 4.98 Å². The molecule has 1 atom stereocenters. The minimum Gasteiger partial charge on any atom is -0.497 e. The molecule has 8 heteroatoms. The van der Waals surface area contributed by atoms with Crippen molar-refractivity contribution in [3.05, 3.63) is 70.0 Å². The Labute approximate surface area is 210 Å². The van der Waals surface area contributed by atoms with E-state index in [0.717, 1.165) is 22.3 Å². The number of benzene rings is 2. The molecule has 0 aliphatic rings. The SMILES string of the molecule is COc1ccc(COc2ccc([C@@](I)(CN)O[Si](C)(C)C(C)(C)C)c3ccc(=O)[nH]c23)cc1. The maximum absolute atomic E-state index is 12.2. The number of ether oxygens (including phenoxy) is 2. The van der Waals surface area contributed by atoms with Crippen LogP contribution in [0.15, 0.2) is 53.3 Å². The van der Waals surface area contributed by atoms with Crippen molar-refractivity contribution < 1.29 is 13.9 Å². The number of hydrogen-bond donors (Lipinski definition) is 2. The lowest BCUT2D eigenvalue weighted by Gasteiger charge is -2.43. The van der Waals surface area contributed by atoms with E-state index in [2.05, 4.69) is 61.4 Å². The first kappa shape index (κ1) is 25.7. The van der Waals surface area contributed by atoms with E-state index in [-0.39, 0.29) is 10.6 Å². The molecule has 0 saturated carbocycles. The Hall–Kier alpha value is -1.88. The van der Waals surface area contributed by atoms with E-state index in [1.54, 1.807) is 7.11 Å². The van der Waals surface area contributed by atoms with Crippen LogP contribution in [0.5, 0.6) is 11.5 Å². The second-order valence-corrected chi connectivity index (χ2v) is 16.1.